The van der Waals surface area contributed by atoms with E-state index in [1.807, 2.05) is 60.9 Å². The van der Waals surface area contributed by atoms with Gasteiger partial charge < -0.3 is 4.74 Å². The monoisotopic (exact) mass is 302 g/mol. The molecule has 0 amide bonds. The number of ether oxygens (including phenoxy) is 1. The van der Waals surface area contributed by atoms with Gasteiger partial charge in [0, 0.05) is 12.1 Å². The van der Waals surface area contributed by atoms with Crippen molar-refractivity contribution < 1.29 is 9.30 Å². The van der Waals surface area contributed by atoms with Crippen LogP contribution in [0.5, 0.6) is 5.75 Å². The predicted octanol–water partition coefficient (Wildman–Crippen LogP) is 4.22. The van der Waals surface area contributed by atoms with Crippen LogP contribution < -0.4 is 9.30 Å². The van der Waals surface area contributed by atoms with Gasteiger partial charge in [0.15, 0.2) is 18.9 Å². The van der Waals surface area contributed by atoms with Gasteiger partial charge in [-0.05, 0) is 23.3 Å². The van der Waals surface area contributed by atoms with Crippen molar-refractivity contribution in [2.45, 2.75) is 6.54 Å². The molecule has 0 radical (unpaired) electrons. The zero-order chi connectivity index (χ0) is 15.7. The lowest BCUT2D eigenvalue weighted by molar-refractivity contribution is -0.697. The van der Waals surface area contributed by atoms with Crippen LogP contribution in [-0.4, -0.2) is 6.61 Å². The molecule has 114 valence electrons. The van der Waals surface area contributed by atoms with Gasteiger partial charge in [-0.3, -0.25) is 0 Å². The summed E-state index contributed by atoms with van der Waals surface area (Å²) in [5.74, 6) is 0.901. The summed E-state index contributed by atoms with van der Waals surface area (Å²) >= 11 is 0. The molecule has 1 heterocycles. The molecule has 0 aliphatic rings. The lowest BCUT2D eigenvalue weighted by Crippen LogP contribution is -2.35. The highest BCUT2D eigenvalue weighted by molar-refractivity contribution is 5.69. The zero-order valence-corrected chi connectivity index (χ0v) is 13.0. The Balaban J connectivity index is 1.52. The predicted molar refractivity (Wildman–Crippen MR) is 93.9 cm³/mol. The summed E-state index contributed by atoms with van der Waals surface area (Å²) in [5, 5.41) is 0. The van der Waals surface area contributed by atoms with Crippen LogP contribution in [-0.2, 0) is 6.54 Å². The van der Waals surface area contributed by atoms with E-state index in [1.54, 1.807) is 0 Å². The van der Waals surface area contributed by atoms with Gasteiger partial charge in [0.2, 0.25) is 0 Å². The summed E-state index contributed by atoms with van der Waals surface area (Å²) in [6.45, 7) is 1.50. The Labute approximate surface area is 137 Å². The molecule has 0 aliphatic carbocycles. The molecule has 1 aromatic heterocycles. The minimum atomic E-state index is 0.661. The second kappa shape index (κ2) is 7.95. The van der Waals surface area contributed by atoms with Gasteiger partial charge in [0.1, 0.15) is 12.4 Å². The van der Waals surface area contributed by atoms with Gasteiger partial charge >= 0.3 is 0 Å². The van der Waals surface area contributed by atoms with Crippen LogP contribution >= 0.6 is 0 Å². The first-order chi connectivity index (χ1) is 11.4. The SMILES string of the molecule is C(=C\c1ccc(OCC[n+]2ccccc2)cc1)/c1ccccc1. The molecule has 0 spiro atoms. The first-order valence-electron chi connectivity index (χ1n) is 7.80. The number of hydrogen-bond donors (Lipinski definition) is 0. The summed E-state index contributed by atoms with van der Waals surface area (Å²) in [4.78, 5) is 0. The Hall–Kier alpha value is -2.87. The first kappa shape index (κ1) is 15.0. The van der Waals surface area contributed by atoms with E-state index in [-0.39, 0.29) is 0 Å². The van der Waals surface area contributed by atoms with Crippen LogP contribution in [0.1, 0.15) is 11.1 Å². The largest absolute Gasteiger partial charge is 0.487 e. The third-order valence-corrected chi connectivity index (χ3v) is 3.54. The topological polar surface area (TPSA) is 13.1 Å². The van der Waals surface area contributed by atoms with E-state index in [2.05, 4.69) is 41.0 Å². The fraction of sp³-hybridized carbons (Fsp3) is 0.0952. The third-order valence-electron chi connectivity index (χ3n) is 3.54. The summed E-state index contributed by atoms with van der Waals surface area (Å²) in [6, 6.07) is 24.5. The maximum Gasteiger partial charge on any atom is 0.182 e. The molecular weight excluding hydrogens is 282 g/mol. The minimum Gasteiger partial charge on any atom is -0.487 e. The Morgan fingerprint density at radius 3 is 2.00 bits per heavy atom. The van der Waals surface area contributed by atoms with E-state index in [4.69, 9.17) is 4.74 Å². The van der Waals surface area contributed by atoms with Crippen LogP contribution in [0.25, 0.3) is 12.2 Å². The second-order valence-corrected chi connectivity index (χ2v) is 5.27. The summed E-state index contributed by atoms with van der Waals surface area (Å²) in [5.41, 5.74) is 2.37. The lowest BCUT2D eigenvalue weighted by atomic mass is 10.1. The molecule has 3 rings (SSSR count). The first-order valence-corrected chi connectivity index (χ1v) is 7.80. The standard InChI is InChI=1S/C21H20NO/c1-3-7-19(8-4-1)9-10-20-11-13-21(14-12-20)23-18-17-22-15-5-2-6-16-22/h1-16H,17-18H2/q+1/b10-9+. The van der Waals surface area contributed by atoms with Gasteiger partial charge in [0.25, 0.3) is 0 Å². The van der Waals surface area contributed by atoms with Crippen molar-refractivity contribution in [2.24, 2.45) is 0 Å². The van der Waals surface area contributed by atoms with Crippen LogP contribution in [0.15, 0.2) is 85.2 Å². The fourth-order valence-electron chi connectivity index (χ4n) is 2.28. The summed E-state index contributed by atoms with van der Waals surface area (Å²) in [6.07, 6.45) is 8.31. The van der Waals surface area contributed by atoms with Crippen LogP contribution in [0.2, 0.25) is 0 Å². The number of benzene rings is 2. The molecule has 0 atom stereocenters. The maximum absolute atomic E-state index is 5.78. The van der Waals surface area contributed by atoms with Crippen molar-refractivity contribution in [1.29, 1.82) is 0 Å². The highest BCUT2D eigenvalue weighted by Gasteiger charge is 1.99. The Kier molecular flexibility index (Phi) is 5.20. The molecule has 0 bridgehead atoms. The van der Waals surface area contributed by atoms with Crippen molar-refractivity contribution in [1.82, 2.24) is 0 Å². The summed E-state index contributed by atoms with van der Waals surface area (Å²) in [7, 11) is 0. The van der Waals surface area contributed by atoms with E-state index in [0.717, 1.165) is 12.3 Å². The van der Waals surface area contributed by atoms with Crippen molar-refractivity contribution >= 4 is 12.2 Å². The van der Waals surface area contributed by atoms with Gasteiger partial charge in [0.05, 0.1) is 0 Å². The molecule has 23 heavy (non-hydrogen) atoms. The minimum absolute atomic E-state index is 0.661. The molecule has 2 heteroatoms. The fourth-order valence-corrected chi connectivity index (χ4v) is 2.28. The second-order valence-electron chi connectivity index (χ2n) is 5.27. The van der Waals surface area contributed by atoms with Crippen molar-refractivity contribution in [3.63, 3.8) is 0 Å². The molecule has 2 aromatic carbocycles. The zero-order valence-electron chi connectivity index (χ0n) is 13.0. The van der Waals surface area contributed by atoms with E-state index < -0.39 is 0 Å². The van der Waals surface area contributed by atoms with Crippen molar-refractivity contribution in [3.8, 4) is 5.75 Å². The maximum atomic E-state index is 5.78. The van der Waals surface area contributed by atoms with Gasteiger partial charge in [-0.2, -0.15) is 0 Å². The molecule has 0 fully saturated rings. The quantitative estimate of drug-likeness (QED) is 0.491. The lowest BCUT2D eigenvalue weighted by Gasteiger charge is -2.04. The van der Waals surface area contributed by atoms with E-state index in [0.29, 0.717) is 6.61 Å². The number of pyridine rings is 1. The molecule has 2 nitrogen and oxygen atoms in total. The third kappa shape index (κ3) is 4.82. The Bertz CT molecular complexity index is 734. The molecular formula is C21H20NO+. The van der Waals surface area contributed by atoms with Crippen LogP contribution in [0, 0.1) is 0 Å². The molecule has 0 saturated heterocycles. The Morgan fingerprint density at radius 1 is 0.696 bits per heavy atom. The van der Waals surface area contributed by atoms with E-state index >= 15 is 0 Å². The van der Waals surface area contributed by atoms with Crippen LogP contribution in [0.3, 0.4) is 0 Å². The van der Waals surface area contributed by atoms with Crippen molar-refractivity contribution in [2.75, 3.05) is 6.61 Å². The molecule has 0 saturated carbocycles. The molecule has 3 aromatic rings. The van der Waals surface area contributed by atoms with Crippen LogP contribution in [0.4, 0.5) is 0 Å². The average molecular weight is 302 g/mol. The Morgan fingerprint density at radius 2 is 1.30 bits per heavy atom. The number of aromatic nitrogens is 1. The number of hydrogen-bond acceptors (Lipinski definition) is 1. The molecule has 0 unspecified atom stereocenters. The van der Waals surface area contributed by atoms with Gasteiger partial charge in [-0.25, -0.2) is 4.57 Å². The summed E-state index contributed by atoms with van der Waals surface area (Å²) < 4.78 is 7.89. The average Bonchev–Trinajstić information content (AvgIpc) is 2.63. The highest BCUT2D eigenvalue weighted by Crippen LogP contribution is 2.14. The van der Waals surface area contributed by atoms with E-state index in [1.165, 1.54) is 11.1 Å². The van der Waals surface area contributed by atoms with Crippen molar-refractivity contribution in [3.05, 3.63) is 96.3 Å². The number of nitrogens with zero attached hydrogens (tertiary/aromatic N) is 1. The molecule has 0 aliphatic heterocycles. The molecule has 0 N–H and O–H groups in total. The normalized spacial score (nSPS) is 10.8. The highest BCUT2D eigenvalue weighted by atomic mass is 16.5. The number of rotatable bonds is 6. The van der Waals surface area contributed by atoms with Gasteiger partial charge in [-0.15, -0.1) is 0 Å². The van der Waals surface area contributed by atoms with E-state index in [9.17, 15) is 0 Å². The van der Waals surface area contributed by atoms with Gasteiger partial charge in [-0.1, -0.05) is 60.7 Å². The smallest absolute Gasteiger partial charge is 0.182 e.